The minimum Gasteiger partial charge on any atom is -0.261 e. The zero-order valence-corrected chi connectivity index (χ0v) is 26.6. The van der Waals surface area contributed by atoms with Crippen LogP contribution >= 0.6 is 0 Å². The predicted molar refractivity (Wildman–Crippen MR) is 173 cm³/mol. The van der Waals surface area contributed by atoms with Gasteiger partial charge in [0.1, 0.15) is 5.82 Å². The van der Waals surface area contributed by atoms with E-state index in [2.05, 4.69) is 40.5 Å². The molecule has 0 aliphatic rings. The highest BCUT2D eigenvalue weighted by molar-refractivity contribution is 7.89. The molecule has 44 heavy (non-hydrogen) atoms. The molecule has 0 spiro atoms. The standard InChI is InChI=1S/C30H34N8O4S2/c1-20-6-8-23(9-7-20)18-28-33-29(37-35-21(2)24-10-14-26(15-11-24)43(39,40)31-4)19-30(34-28)38-36-22(3)25-12-16-27(17-13-25)44(41,42)32-5/h6-17,19,31-32H,18H2,1-5H3,(H2,33,34,37,38). The van der Waals surface area contributed by atoms with Crippen molar-refractivity contribution in [2.45, 2.75) is 37.0 Å². The fourth-order valence-corrected chi connectivity index (χ4v) is 5.44. The van der Waals surface area contributed by atoms with Crippen molar-refractivity contribution < 1.29 is 16.8 Å². The smallest absolute Gasteiger partial charge is 0.240 e. The SMILES string of the molecule is CNS(=O)(=O)c1ccc(C(C)=NNc2cc(NN=C(C)c3ccc(S(=O)(=O)NC)cc3)nc(Cc3ccc(C)cc3)n2)cc1. The summed E-state index contributed by atoms with van der Waals surface area (Å²) in [5, 5.41) is 8.90. The zero-order valence-electron chi connectivity index (χ0n) is 25.0. The van der Waals surface area contributed by atoms with Gasteiger partial charge in [-0.05, 0) is 75.8 Å². The summed E-state index contributed by atoms with van der Waals surface area (Å²) in [6.45, 7) is 5.61. The van der Waals surface area contributed by atoms with E-state index < -0.39 is 20.0 Å². The second-order valence-corrected chi connectivity index (χ2v) is 13.6. The van der Waals surface area contributed by atoms with Gasteiger partial charge in [-0.15, -0.1) is 0 Å². The quantitative estimate of drug-likeness (QED) is 0.135. The van der Waals surface area contributed by atoms with Crippen LogP contribution in [0.1, 0.15) is 41.9 Å². The van der Waals surface area contributed by atoms with Crippen LogP contribution in [-0.2, 0) is 26.5 Å². The van der Waals surface area contributed by atoms with Crippen molar-refractivity contribution in [2.24, 2.45) is 10.2 Å². The summed E-state index contributed by atoms with van der Waals surface area (Å²) in [7, 11) is -4.35. The molecule has 4 rings (SSSR count). The maximum Gasteiger partial charge on any atom is 0.240 e. The third-order valence-electron chi connectivity index (χ3n) is 6.63. The van der Waals surface area contributed by atoms with Gasteiger partial charge in [0.05, 0.1) is 21.2 Å². The molecule has 0 aliphatic heterocycles. The number of hydrogen-bond acceptors (Lipinski definition) is 10. The highest BCUT2D eigenvalue weighted by atomic mass is 32.2. The first-order chi connectivity index (χ1) is 20.9. The van der Waals surface area contributed by atoms with Crippen LogP contribution in [0.3, 0.4) is 0 Å². The van der Waals surface area contributed by atoms with Crippen molar-refractivity contribution in [1.29, 1.82) is 0 Å². The molecule has 0 amide bonds. The van der Waals surface area contributed by atoms with Crippen LogP contribution in [0.2, 0.25) is 0 Å². The number of sulfonamides is 2. The number of aryl methyl sites for hydroxylation is 1. The van der Waals surface area contributed by atoms with Crippen molar-refractivity contribution in [3.63, 3.8) is 0 Å². The molecule has 0 saturated heterocycles. The molecule has 0 fully saturated rings. The van der Waals surface area contributed by atoms with Crippen molar-refractivity contribution in [3.8, 4) is 0 Å². The number of nitrogens with zero attached hydrogens (tertiary/aromatic N) is 4. The number of benzene rings is 3. The lowest BCUT2D eigenvalue weighted by Crippen LogP contribution is -2.18. The molecule has 0 atom stereocenters. The minimum atomic E-state index is -3.54. The Balaban J connectivity index is 1.58. The number of hydrazone groups is 2. The van der Waals surface area contributed by atoms with E-state index >= 15 is 0 Å². The molecule has 12 nitrogen and oxygen atoms in total. The van der Waals surface area contributed by atoms with Crippen LogP contribution in [0.25, 0.3) is 0 Å². The average molecular weight is 635 g/mol. The normalized spacial score (nSPS) is 12.7. The summed E-state index contributed by atoms with van der Waals surface area (Å²) in [6.07, 6.45) is 0.471. The highest BCUT2D eigenvalue weighted by Crippen LogP contribution is 2.17. The second kappa shape index (κ2) is 13.9. The largest absolute Gasteiger partial charge is 0.261 e. The number of hydrogen-bond donors (Lipinski definition) is 4. The lowest BCUT2D eigenvalue weighted by molar-refractivity contribution is 0.586. The van der Waals surface area contributed by atoms with Crippen LogP contribution in [0.4, 0.5) is 11.6 Å². The third-order valence-corrected chi connectivity index (χ3v) is 9.49. The first-order valence-electron chi connectivity index (χ1n) is 13.5. The molecule has 0 aliphatic carbocycles. The molecule has 14 heteroatoms. The topological polar surface area (TPSA) is 167 Å². The molecule has 4 aromatic rings. The van der Waals surface area contributed by atoms with Gasteiger partial charge in [0.25, 0.3) is 0 Å². The Morgan fingerprint density at radius 2 is 1.07 bits per heavy atom. The second-order valence-electron chi connectivity index (χ2n) is 9.80. The average Bonchev–Trinajstić information content (AvgIpc) is 3.03. The van der Waals surface area contributed by atoms with Crippen LogP contribution in [-0.4, -0.2) is 52.3 Å². The van der Waals surface area contributed by atoms with Crippen molar-refractivity contribution in [2.75, 3.05) is 24.9 Å². The Labute approximate surface area is 257 Å². The van der Waals surface area contributed by atoms with E-state index in [1.165, 1.54) is 38.4 Å². The Morgan fingerprint density at radius 3 is 1.45 bits per heavy atom. The monoisotopic (exact) mass is 634 g/mol. The predicted octanol–water partition coefficient (Wildman–Crippen LogP) is 3.86. The van der Waals surface area contributed by atoms with Crippen molar-refractivity contribution >= 4 is 43.1 Å². The van der Waals surface area contributed by atoms with Crippen LogP contribution in [0, 0.1) is 6.92 Å². The number of nitrogens with one attached hydrogen (secondary N) is 4. The molecule has 0 bridgehead atoms. The number of anilines is 2. The first-order valence-corrected chi connectivity index (χ1v) is 16.5. The van der Waals surface area contributed by atoms with Gasteiger partial charge in [0.15, 0.2) is 11.6 Å². The molecular formula is C30H34N8O4S2. The van der Waals surface area contributed by atoms with E-state index in [0.717, 1.165) is 22.3 Å². The Hall–Kier alpha value is -4.50. The summed E-state index contributed by atoms with van der Waals surface area (Å²) in [5.74, 6) is 1.38. The zero-order chi connectivity index (χ0) is 31.9. The fraction of sp³-hybridized carbons (Fsp3) is 0.200. The van der Waals surface area contributed by atoms with Gasteiger partial charge in [-0.3, -0.25) is 10.9 Å². The van der Waals surface area contributed by atoms with Gasteiger partial charge in [0, 0.05) is 12.5 Å². The summed E-state index contributed by atoms with van der Waals surface area (Å²) in [4.78, 5) is 9.58. The van der Waals surface area contributed by atoms with Gasteiger partial charge >= 0.3 is 0 Å². The lowest BCUT2D eigenvalue weighted by Gasteiger charge is -2.10. The van der Waals surface area contributed by atoms with E-state index in [9.17, 15) is 16.8 Å². The maximum absolute atomic E-state index is 12.0. The van der Waals surface area contributed by atoms with E-state index in [1.807, 2.05) is 31.2 Å². The minimum absolute atomic E-state index is 0.159. The van der Waals surface area contributed by atoms with Crippen molar-refractivity contribution in [3.05, 3.63) is 107 Å². The Bertz CT molecular complexity index is 1780. The van der Waals surface area contributed by atoms with E-state index in [4.69, 9.17) is 0 Å². The number of aromatic nitrogens is 2. The van der Waals surface area contributed by atoms with E-state index in [1.54, 1.807) is 44.2 Å². The first kappa shape index (κ1) is 32.4. The van der Waals surface area contributed by atoms with Crippen LogP contribution < -0.4 is 20.3 Å². The highest BCUT2D eigenvalue weighted by Gasteiger charge is 2.13. The van der Waals surface area contributed by atoms with E-state index in [-0.39, 0.29) is 9.79 Å². The molecule has 3 aromatic carbocycles. The third kappa shape index (κ3) is 8.32. The van der Waals surface area contributed by atoms with Gasteiger partial charge < -0.3 is 0 Å². The van der Waals surface area contributed by atoms with Gasteiger partial charge in [0.2, 0.25) is 20.0 Å². The van der Waals surface area contributed by atoms with Crippen molar-refractivity contribution in [1.82, 2.24) is 19.4 Å². The molecule has 4 N–H and O–H groups in total. The lowest BCUT2D eigenvalue weighted by atomic mass is 10.1. The molecule has 0 saturated carbocycles. The Morgan fingerprint density at radius 1 is 0.659 bits per heavy atom. The number of rotatable bonds is 12. The Kier molecular flexibility index (Phi) is 10.2. The summed E-state index contributed by atoms with van der Waals surface area (Å²) < 4.78 is 52.7. The van der Waals surface area contributed by atoms with Gasteiger partial charge in [-0.25, -0.2) is 36.2 Å². The van der Waals surface area contributed by atoms with Crippen LogP contribution in [0.15, 0.2) is 98.9 Å². The molecule has 1 heterocycles. The summed E-state index contributed by atoms with van der Waals surface area (Å²) in [5.41, 5.74) is 10.8. The van der Waals surface area contributed by atoms with Crippen LogP contribution in [0.5, 0.6) is 0 Å². The maximum atomic E-state index is 12.0. The summed E-state index contributed by atoms with van der Waals surface area (Å²) >= 11 is 0. The molecule has 1 aromatic heterocycles. The molecular weight excluding hydrogens is 601 g/mol. The molecule has 230 valence electrons. The van der Waals surface area contributed by atoms with Gasteiger partial charge in [-0.1, -0.05) is 54.1 Å². The van der Waals surface area contributed by atoms with Gasteiger partial charge in [-0.2, -0.15) is 10.2 Å². The summed E-state index contributed by atoms with van der Waals surface area (Å²) in [6, 6.07) is 22.5. The molecule has 0 radical (unpaired) electrons. The fourth-order valence-electron chi connectivity index (χ4n) is 3.98. The molecule has 0 unspecified atom stereocenters. The van der Waals surface area contributed by atoms with E-state index in [0.29, 0.717) is 35.3 Å².